The average Bonchev–Trinajstić information content (AvgIpc) is 2.99. The lowest BCUT2D eigenvalue weighted by molar-refractivity contribution is -0.358. The predicted octanol–water partition coefficient (Wildman–Crippen LogP) is -8.08. The van der Waals surface area contributed by atoms with Crippen LogP contribution in [0.5, 0.6) is 0 Å². The van der Waals surface area contributed by atoms with Gasteiger partial charge in [-0.2, -0.15) is 0 Å². The third-order valence-corrected chi connectivity index (χ3v) is 7.87. The zero-order valence-electron chi connectivity index (χ0n) is 24.7. The van der Waals surface area contributed by atoms with Crippen molar-refractivity contribution in [3.63, 3.8) is 0 Å². The number of ether oxygens (including phenoxy) is 5. The first kappa shape index (κ1) is 38.3. The van der Waals surface area contributed by atoms with Crippen LogP contribution >= 0.6 is 0 Å². The maximum atomic E-state index is 12.4. The Balaban J connectivity index is 1.83. The summed E-state index contributed by atoms with van der Waals surface area (Å²) in [4.78, 5) is 35.7. The quantitative estimate of drug-likeness (QED) is 0.0913. The molecule has 0 aliphatic carbocycles. The second-order valence-electron chi connectivity index (χ2n) is 11.3. The van der Waals surface area contributed by atoms with Gasteiger partial charge in [0, 0.05) is 20.3 Å². The maximum Gasteiger partial charge on any atom is 0.364 e. The van der Waals surface area contributed by atoms with E-state index in [1.165, 1.54) is 0 Å². The minimum atomic E-state index is -2.84. The van der Waals surface area contributed by atoms with E-state index in [9.17, 15) is 70.6 Å². The van der Waals surface area contributed by atoms with Gasteiger partial charge in [-0.15, -0.1) is 0 Å². The molecule has 13 N–H and O–H groups in total. The van der Waals surface area contributed by atoms with Gasteiger partial charge in [0.25, 0.3) is 5.79 Å². The summed E-state index contributed by atoms with van der Waals surface area (Å²) in [5.74, 6) is -6.12. The fourth-order valence-electron chi connectivity index (χ4n) is 5.46. The Kier molecular flexibility index (Phi) is 13.1. The van der Waals surface area contributed by atoms with E-state index in [-0.39, 0.29) is 0 Å². The predicted molar refractivity (Wildman–Crippen MR) is 142 cm³/mol. The molecule has 2 amide bonds. The molecule has 0 saturated carbocycles. The van der Waals surface area contributed by atoms with Crippen molar-refractivity contribution in [2.24, 2.45) is 0 Å². The van der Waals surface area contributed by atoms with E-state index in [0.29, 0.717) is 0 Å². The van der Waals surface area contributed by atoms with Gasteiger partial charge in [0.2, 0.25) is 11.8 Å². The van der Waals surface area contributed by atoms with Gasteiger partial charge >= 0.3 is 5.97 Å². The van der Waals surface area contributed by atoms with Crippen LogP contribution in [0.25, 0.3) is 0 Å². The highest BCUT2D eigenvalue weighted by atomic mass is 16.8. The van der Waals surface area contributed by atoms with Crippen LogP contribution in [-0.4, -0.2) is 191 Å². The third kappa shape index (κ3) is 8.26. The van der Waals surface area contributed by atoms with E-state index in [1.54, 1.807) is 0 Å². The Morgan fingerprint density at radius 2 is 1.48 bits per heavy atom. The number of carbonyl (C=O) groups is 3. The van der Waals surface area contributed by atoms with E-state index in [1.807, 2.05) is 0 Å². The SMILES string of the molecule is CC(=O)N[C@H]1[C@@H]([C@H](O)[C@H](O)CO)O[C@@](OC[C@H]2O[C@@H](O[C@H]3[C@H](O)[C@@H](NC(C)=O)C(O)O[C@@H]3CO)[C@H](O)[C@@H](O)[C@H]2O)(C(=O)O)C[C@@H]1O. The lowest BCUT2D eigenvalue weighted by Crippen LogP contribution is -2.69. The van der Waals surface area contributed by atoms with Gasteiger partial charge in [0.05, 0.1) is 32.0 Å². The number of carboxylic acids is 1. The zero-order chi connectivity index (χ0) is 34.7. The van der Waals surface area contributed by atoms with Crippen LogP contribution < -0.4 is 10.6 Å². The van der Waals surface area contributed by atoms with E-state index in [0.717, 1.165) is 13.8 Å². The van der Waals surface area contributed by atoms with Gasteiger partial charge in [0.15, 0.2) is 12.6 Å². The summed E-state index contributed by atoms with van der Waals surface area (Å²) in [6, 6.07) is -2.96. The Morgan fingerprint density at radius 3 is 2.02 bits per heavy atom. The molecule has 3 aliphatic rings. The lowest BCUT2D eigenvalue weighted by Gasteiger charge is -2.48. The molecule has 266 valence electrons. The summed E-state index contributed by atoms with van der Waals surface area (Å²) in [6.45, 7) is -0.695. The molecule has 3 rings (SSSR count). The van der Waals surface area contributed by atoms with Gasteiger partial charge in [-0.25, -0.2) is 4.79 Å². The standard InChI is InChI=1S/C25H42N2O19/c1-7(30)26-13-9(32)3-25(24(40)41,46-21(13)15(34)10(33)4-28)42-6-12-16(35)18(37)19(38)23(44-12)45-20-11(5-29)43-22(39)14(17(20)36)27-8(2)31/h9-23,28-29,32-39H,3-6H2,1-2H3,(H,26,30)(H,27,31)(H,40,41)/t9-,10+,11+,12+,13+,14+,15+,16-,17+,18-,19+,20+,21-,22?,23-,25+/m0/s1. The monoisotopic (exact) mass is 674 g/mol. The van der Waals surface area contributed by atoms with Gasteiger partial charge < -0.3 is 90.5 Å². The summed E-state index contributed by atoms with van der Waals surface area (Å²) < 4.78 is 27.2. The van der Waals surface area contributed by atoms with Crippen LogP contribution in [0.4, 0.5) is 0 Å². The van der Waals surface area contributed by atoms with Crippen molar-refractivity contribution in [2.75, 3.05) is 19.8 Å². The molecule has 0 aromatic carbocycles. The summed E-state index contributed by atoms with van der Waals surface area (Å²) >= 11 is 0. The second kappa shape index (κ2) is 15.8. The lowest BCUT2D eigenvalue weighted by atomic mass is 9.88. The van der Waals surface area contributed by atoms with E-state index in [4.69, 9.17) is 23.7 Å². The maximum absolute atomic E-state index is 12.4. The van der Waals surface area contributed by atoms with Gasteiger partial charge in [-0.05, 0) is 0 Å². The number of hydrogen-bond donors (Lipinski definition) is 13. The number of amides is 2. The number of aliphatic hydroxyl groups is 10. The first-order chi connectivity index (χ1) is 21.5. The number of rotatable bonds is 12. The molecule has 0 spiro atoms. The highest BCUT2D eigenvalue weighted by Gasteiger charge is 2.57. The molecule has 0 radical (unpaired) electrons. The Morgan fingerprint density at radius 1 is 0.870 bits per heavy atom. The summed E-state index contributed by atoms with van der Waals surface area (Å²) in [7, 11) is 0. The highest BCUT2D eigenvalue weighted by molar-refractivity contribution is 5.76. The van der Waals surface area contributed by atoms with Crippen molar-refractivity contribution in [3.05, 3.63) is 0 Å². The van der Waals surface area contributed by atoms with E-state index in [2.05, 4.69) is 10.6 Å². The molecular formula is C25H42N2O19. The average molecular weight is 675 g/mol. The van der Waals surface area contributed by atoms with Crippen LogP contribution in [0.2, 0.25) is 0 Å². The molecule has 0 aromatic heterocycles. The molecule has 3 fully saturated rings. The molecule has 46 heavy (non-hydrogen) atoms. The van der Waals surface area contributed by atoms with Gasteiger partial charge in [0.1, 0.15) is 67.1 Å². The van der Waals surface area contributed by atoms with E-state index < -0.39 is 142 Å². The smallest absolute Gasteiger partial charge is 0.364 e. The van der Waals surface area contributed by atoms with Crippen molar-refractivity contribution in [1.29, 1.82) is 0 Å². The Bertz CT molecular complexity index is 1050. The zero-order valence-corrected chi connectivity index (χ0v) is 24.7. The van der Waals surface area contributed by atoms with Crippen molar-refractivity contribution < 1.29 is 94.2 Å². The number of carbonyl (C=O) groups excluding carboxylic acids is 2. The topological polar surface area (TPSA) is 344 Å². The fraction of sp³-hybridized carbons (Fsp3) is 0.880. The molecule has 21 heteroatoms. The van der Waals surface area contributed by atoms with Crippen LogP contribution in [-0.2, 0) is 38.1 Å². The molecular weight excluding hydrogens is 632 g/mol. The van der Waals surface area contributed by atoms with Crippen molar-refractivity contribution in [1.82, 2.24) is 10.6 Å². The molecule has 1 unspecified atom stereocenters. The van der Waals surface area contributed by atoms with Gasteiger partial charge in [-0.1, -0.05) is 0 Å². The van der Waals surface area contributed by atoms with Crippen LogP contribution in [0, 0.1) is 0 Å². The first-order valence-electron chi connectivity index (χ1n) is 14.2. The van der Waals surface area contributed by atoms with Crippen LogP contribution in [0.1, 0.15) is 20.3 Å². The van der Waals surface area contributed by atoms with Crippen LogP contribution in [0.3, 0.4) is 0 Å². The number of aliphatic carboxylic acids is 1. The fourth-order valence-corrected chi connectivity index (χ4v) is 5.46. The van der Waals surface area contributed by atoms with E-state index >= 15 is 0 Å². The van der Waals surface area contributed by atoms with Gasteiger partial charge in [-0.3, -0.25) is 9.59 Å². The third-order valence-electron chi connectivity index (χ3n) is 7.87. The molecule has 3 heterocycles. The second-order valence-corrected chi connectivity index (χ2v) is 11.3. The normalized spacial score (nSPS) is 42.9. The Hall–Kier alpha value is -2.19. The van der Waals surface area contributed by atoms with Crippen molar-refractivity contribution >= 4 is 17.8 Å². The molecule has 3 aliphatic heterocycles. The summed E-state index contributed by atoms with van der Waals surface area (Å²) in [5.41, 5.74) is 0. The number of nitrogens with one attached hydrogen (secondary N) is 2. The molecule has 0 bridgehead atoms. The van der Waals surface area contributed by atoms with Crippen LogP contribution in [0.15, 0.2) is 0 Å². The summed E-state index contributed by atoms with van der Waals surface area (Å²) in [6.07, 6.45) is -24.9. The largest absolute Gasteiger partial charge is 0.477 e. The molecule has 3 saturated heterocycles. The molecule has 16 atom stereocenters. The first-order valence-corrected chi connectivity index (χ1v) is 14.2. The summed E-state index contributed by atoms with van der Waals surface area (Å²) in [5, 5.41) is 117. The minimum absolute atomic E-state index is 0.677. The molecule has 0 aromatic rings. The number of aliphatic hydroxyl groups excluding tert-OH is 10. The molecule has 21 nitrogen and oxygen atoms in total. The minimum Gasteiger partial charge on any atom is -0.477 e. The Labute approximate surface area is 260 Å². The number of hydrogen-bond acceptors (Lipinski definition) is 18. The highest BCUT2D eigenvalue weighted by Crippen LogP contribution is 2.35. The van der Waals surface area contributed by atoms with Crippen molar-refractivity contribution in [2.45, 2.75) is 118 Å². The van der Waals surface area contributed by atoms with Crippen molar-refractivity contribution in [3.8, 4) is 0 Å². The number of carboxylic acid groups (broad SMARTS) is 1.